The molecule has 0 aliphatic heterocycles. The first-order chi connectivity index (χ1) is 13.0. The summed E-state index contributed by atoms with van der Waals surface area (Å²) in [5, 5.41) is 1.21. The highest BCUT2D eigenvalue weighted by Crippen LogP contribution is 2.35. The Morgan fingerprint density at radius 1 is 0.778 bits per heavy atom. The quantitative estimate of drug-likeness (QED) is 0.341. The molecule has 5 aromatic rings. The van der Waals surface area contributed by atoms with Crippen LogP contribution in [0.25, 0.3) is 38.7 Å². The standard InChI is InChI=1S/C22H13F3N2/c23-22(24,25)16-10-11-17-15(12-16)13-20(14-6-2-1-3-7-14)27-19-9-5-4-8-18(19)26-21(17)27/h1-13H. The zero-order valence-electron chi connectivity index (χ0n) is 14.0. The predicted molar refractivity (Wildman–Crippen MR) is 101 cm³/mol. The molecule has 27 heavy (non-hydrogen) atoms. The third-order valence-corrected chi connectivity index (χ3v) is 4.78. The lowest BCUT2D eigenvalue weighted by molar-refractivity contribution is -0.137. The molecular weight excluding hydrogens is 349 g/mol. The number of fused-ring (bicyclic) bond motifs is 5. The number of alkyl halides is 3. The lowest BCUT2D eigenvalue weighted by Crippen LogP contribution is -2.04. The predicted octanol–water partition coefficient (Wildman–Crippen LogP) is 6.33. The molecule has 132 valence electrons. The van der Waals surface area contributed by atoms with Gasteiger partial charge in [0.15, 0.2) is 0 Å². The number of nitrogens with zero attached hydrogens (tertiary/aromatic N) is 2. The van der Waals surface area contributed by atoms with Crippen molar-refractivity contribution in [3.05, 3.63) is 84.4 Å². The minimum atomic E-state index is -4.38. The summed E-state index contributed by atoms with van der Waals surface area (Å²) < 4.78 is 41.6. The molecule has 0 atom stereocenters. The number of pyridine rings is 1. The van der Waals surface area contributed by atoms with Crippen molar-refractivity contribution in [3.8, 4) is 11.3 Å². The number of hydrogen-bond acceptors (Lipinski definition) is 1. The van der Waals surface area contributed by atoms with Gasteiger partial charge in [-0.1, -0.05) is 48.5 Å². The first kappa shape index (κ1) is 15.9. The van der Waals surface area contributed by atoms with Gasteiger partial charge in [0.05, 0.1) is 22.3 Å². The van der Waals surface area contributed by atoms with E-state index < -0.39 is 11.7 Å². The summed E-state index contributed by atoms with van der Waals surface area (Å²) >= 11 is 0. The van der Waals surface area contributed by atoms with E-state index in [4.69, 9.17) is 4.98 Å². The van der Waals surface area contributed by atoms with Gasteiger partial charge in [0, 0.05) is 5.39 Å². The van der Waals surface area contributed by atoms with E-state index in [0.717, 1.165) is 28.4 Å². The molecule has 2 nitrogen and oxygen atoms in total. The summed E-state index contributed by atoms with van der Waals surface area (Å²) in [5.41, 5.74) is 3.46. The Hall–Kier alpha value is -3.34. The van der Waals surface area contributed by atoms with Crippen LogP contribution in [0.1, 0.15) is 5.56 Å². The van der Waals surface area contributed by atoms with Crippen LogP contribution in [-0.2, 0) is 6.18 Å². The second kappa shape index (κ2) is 5.58. The van der Waals surface area contributed by atoms with Gasteiger partial charge in [-0.25, -0.2) is 4.98 Å². The summed E-state index contributed by atoms with van der Waals surface area (Å²) in [4.78, 5) is 4.70. The van der Waals surface area contributed by atoms with Crippen LogP contribution < -0.4 is 0 Å². The minimum absolute atomic E-state index is 0.520. The molecule has 0 saturated heterocycles. The van der Waals surface area contributed by atoms with Crippen molar-refractivity contribution in [1.29, 1.82) is 0 Å². The first-order valence-corrected chi connectivity index (χ1v) is 8.49. The van der Waals surface area contributed by atoms with Gasteiger partial charge in [0.2, 0.25) is 0 Å². The van der Waals surface area contributed by atoms with Gasteiger partial charge >= 0.3 is 6.18 Å². The van der Waals surface area contributed by atoms with Gasteiger partial charge in [0.1, 0.15) is 5.65 Å². The Bertz CT molecular complexity index is 1300. The number of aromatic nitrogens is 2. The number of imidazole rings is 1. The maximum atomic E-state index is 13.2. The molecule has 0 radical (unpaired) electrons. The van der Waals surface area contributed by atoms with Crippen LogP contribution in [0.15, 0.2) is 78.9 Å². The highest BCUT2D eigenvalue weighted by Gasteiger charge is 2.30. The van der Waals surface area contributed by atoms with E-state index in [0.29, 0.717) is 16.4 Å². The van der Waals surface area contributed by atoms with E-state index in [1.54, 1.807) is 6.07 Å². The van der Waals surface area contributed by atoms with Gasteiger partial charge < -0.3 is 0 Å². The number of benzene rings is 3. The molecule has 0 aliphatic carbocycles. The molecule has 3 aromatic carbocycles. The van der Waals surface area contributed by atoms with Crippen LogP contribution in [0.4, 0.5) is 13.2 Å². The van der Waals surface area contributed by atoms with Crippen molar-refractivity contribution < 1.29 is 13.2 Å². The number of para-hydroxylation sites is 2. The average Bonchev–Trinajstić information content (AvgIpc) is 3.07. The van der Waals surface area contributed by atoms with Gasteiger partial charge in [-0.05, 0) is 41.3 Å². The highest BCUT2D eigenvalue weighted by molar-refractivity contribution is 6.01. The zero-order valence-corrected chi connectivity index (χ0v) is 14.0. The topological polar surface area (TPSA) is 17.3 Å². The molecule has 0 spiro atoms. The van der Waals surface area contributed by atoms with Gasteiger partial charge in [0.25, 0.3) is 0 Å². The van der Waals surface area contributed by atoms with Crippen LogP contribution >= 0.6 is 0 Å². The van der Waals surface area contributed by atoms with Crippen molar-refractivity contribution in [3.63, 3.8) is 0 Å². The van der Waals surface area contributed by atoms with Crippen molar-refractivity contribution in [1.82, 2.24) is 9.38 Å². The molecule has 0 bridgehead atoms. The van der Waals surface area contributed by atoms with Crippen molar-refractivity contribution >= 4 is 27.5 Å². The normalized spacial score (nSPS) is 12.3. The van der Waals surface area contributed by atoms with Crippen LogP contribution in [0.2, 0.25) is 0 Å². The molecule has 0 aliphatic rings. The Morgan fingerprint density at radius 2 is 1.52 bits per heavy atom. The van der Waals surface area contributed by atoms with E-state index in [1.165, 1.54) is 12.1 Å². The van der Waals surface area contributed by atoms with Crippen molar-refractivity contribution in [2.45, 2.75) is 6.18 Å². The third kappa shape index (κ3) is 2.46. The van der Waals surface area contributed by atoms with Crippen LogP contribution in [0, 0.1) is 0 Å². The van der Waals surface area contributed by atoms with E-state index in [9.17, 15) is 13.2 Å². The Morgan fingerprint density at radius 3 is 2.30 bits per heavy atom. The molecule has 0 amide bonds. The molecule has 0 fully saturated rings. The fourth-order valence-electron chi connectivity index (χ4n) is 3.55. The highest BCUT2D eigenvalue weighted by atomic mass is 19.4. The molecule has 0 saturated carbocycles. The fraction of sp³-hybridized carbons (Fsp3) is 0.0455. The lowest BCUT2D eigenvalue weighted by atomic mass is 10.0. The Labute approximate surface area is 152 Å². The van der Waals surface area contributed by atoms with E-state index in [2.05, 4.69) is 0 Å². The number of hydrogen-bond donors (Lipinski definition) is 0. The third-order valence-electron chi connectivity index (χ3n) is 4.78. The number of halogens is 3. The maximum absolute atomic E-state index is 13.2. The summed E-state index contributed by atoms with van der Waals surface area (Å²) in [6.07, 6.45) is -4.38. The summed E-state index contributed by atoms with van der Waals surface area (Å²) in [6, 6.07) is 23.0. The van der Waals surface area contributed by atoms with E-state index >= 15 is 0 Å². The zero-order chi connectivity index (χ0) is 18.6. The van der Waals surface area contributed by atoms with E-state index in [-0.39, 0.29) is 0 Å². The van der Waals surface area contributed by atoms with Crippen LogP contribution in [0.3, 0.4) is 0 Å². The monoisotopic (exact) mass is 362 g/mol. The maximum Gasteiger partial charge on any atom is 0.416 e. The Kier molecular flexibility index (Phi) is 3.28. The molecule has 5 rings (SSSR count). The fourth-order valence-corrected chi connectivity index (χ4v) is 3.55. The van der Waals surface area contributed by atoms with Gasteiger partial charge in [-0.2, -0.15) is 13.2 Å². The summed E-state index contributed by atoms with van der Waals surface area (Å²) in [7, 11) is 0. The molecule has 2 aromatic heterocycles. The van der Waals surface area contributed by atoms with Gasteiger partial charge in [-0.3, -0.25) is 4.40 Å². The summed E-state index contributed by atoms with van der Waals surface area (Å²) in [5.74, 6) is 0. The largest absolute Gasteiger partial charge is 0.416 e. The first-order valence-electron chi connectivity index (χ1n) is 8.49. The van der Waals surface area contributed by atoms with Crippen LogP contribution in [-0.4, -0.2) is 9.38 Å². The minimum Gasteiger partial charge on any atom is -0.292 e. The van der Waals surface area contributed by atoms with E-state index in [1.807, 2.05) is 59.0 Å². The molecule has 0 N–H and O–H groups in total. The summed E-state index contributed by atoms with van der Waals surface area (Å²) in [6.45, 7) is 0. The second-order valence-corrected chi connectivity index (χ2v) is 6.45. The van der Waals surface area contributed by atoms with Gasteiger partial charge in [-0.15, -0.1) is 0 Å². The lowest BCUT2D eigenvalue weighted by Gasteiger charge is -2.12. The SMILES string of the molecule is FC(F)(F)c1ccc2c(c1)cc(-c1ccccc1)n1c3ccccc3nc21. The molecule has 0 unspecified atom stereocenters. The molecule has 2 heterocycles. The van der Waals surface area contributed by atoms with Crippen molar-refractivity contribution in [2.75, 3.05) is 0 Å². The second-order valence-electron chi connectivity index (χ2n) is 6.45. The smallest absolute Gasteiger partial charge is 0.292 e. The number of rotatable bonds is 1. The van der Waals surface area contributed by atoms with Crippen LogP contribution in [0.5, 0.6) is 0 Å². The average molecular weight is 362 g/mol. The molecular formula is C22H13F3N2. The van der Waals surface area contributed by atoms with Crippen molar-refractivity contribution in [2.24, 2.45) is 0 Å². The molecule has 5 heteroatoms. The Balaban J connectivity index is 1.97.